The molecule has 2 rings (SSSR count). The Morgan fingerprint density at radius 3 is 2.54 bits per heavy atom. The monoisotopic (exact) mass is 352 g/mol. The summed E-state index contributed by atoms with van der Waals surface area (Å²) in [5.41, 5.74) is 5.30. The molecular weight excluding hydrogens is 332 g/mol. The molecule has 8 heteroatoms. The third kappa shape index (κ3) is 5.38. The SMILES string of the molecule is CCOc1ccc(/C=C/C(=O)NNC(=O)[C@H]2CCS(=O)(=O)C2)cc1. The molecule has 1 atom stereocenters. The first-order chi connectivity index (χ1) is 11.4. The van der Waals surface area contributed by atoms with Crippen molar-refractivity contribution in [2.75, 3.05) is 18.1 Å². The smallest absolute Gasteiger partial charge is 0.262 e. The molecule has 1 aliphatic heterocycles. The molecule has 1 aromatic rings. The van der Waals surface area contributed by atoms with Crippen LogP contribution in [0.1, 0.15) is 18.9 Å². The maximum atomic E-state index is 11.8. The second-order valence-electron chi connectivity index (χ2n) is 5.41. The zero-order valence-corrected chi connectivity index (χ0v) is 14.1. The third-order valence-corrected chi connectivity index (χ3v) is 5.30. The van der Waals surface area contributed by atoms with E-state index < -0.39 is 27.6 Å². The highest BCUT2D eigenvalue weighted by Gasteiger charge is 2.32. The number of rotatable bonds is 5. The molecule has 2 N–H and O–H groups in total. The number of hydrazine groups is 1. The Morgan fingerprint density at radius 2 is 1.96 bits per heavy atom. The Kier molecular flexibility index (Phi) is 5.97. The summed E-state index contributed by atoms with van der Waals surface area (Å²) in [4.78, 5) is 23.5. The number of hydrogen-bond donors (Lipinski definition) is 2. The van der Waals surface area contributed by atoms with Gasteiger partial charge in [0.1, 0.15) is 5.75 Å². The molecule has 0 saturated carbocycles. The van der Waals surface area contributed by atoms with Crippen molar-refractivity contribution in [1.82, 2.24) is 10.9 Å². The van der Waals surface area contributed by atoms with E-state index in [1.54, 1.807) is 30.3 Å². The van der Waals surface area contributed by atoms with Crippen molar-refractivity contribution in [1.29, 1.82) is 0 Å². The molecule has 7 nitrogen and oxygen atoms in total. The van der Waals surface area contributed by atoms with Gasteiger partial charge in [-0.05, 0) is 37.1 Å². The molecule has 0 spiro atoms. The lowest BCUT2D eigenvalue weighted by molar-refractivity contribution is -0.129. The summed E-state index contributed by atoms with van der Waals surface area (Å²) in [5.74, 6) is -1.01. The molecule has 0 bridgehead atoms. The van der Waals surface area contributed by atoms with Crippen molar-refractivity contribution in [3.05, 3.63) is 35.9 Å². The van der Waals surface area contributed by atoms with Crippen LogP contribution in [0.15, 0.2) is 30.3 Å². The molecular formula is C16H20N2O5S. The lowest BCUT2D eigenvalue weighted by Gasteiger charge is -2.09. The number of carbonyl (C=O) groups excluding carboxylic acids is 2. The van der Waals surface area contributed by atoms with Crippen molar-refractivity contribution in [3.8, 4) is 5.75 Å². The Balaban J connectivity index is 1.79. The van der Waals surface area contributed by atoms with Crippen LogP contribution in [-0.2, 0) is 19.4 Å². The minimum atomic E-state index is -3.13. The summed E-state index contributed by atoms with van der Waals surface area (Å²) in [6.45, 7) is 2.48. The van der Waals surface area contributed by atoms with Gasteiger partial charge in [-0.1, -0.05) is 12.1 Å². The van der Waals surface area contributed by atoms with Gasteiger partial charge in [0.2, 0.25) is 5.91 Å². The highest BCUT2D eigenvalue weighted by atomic mass is 32.2. The van der Waals surface area contributed by atoms with Crippen molar-refractivity contribution in [2.45, 2.75) is 13.3 Å². The molecule has 0 aromatic heterocycles. The molecule has 1 fully saturated rings. The number of sulfone groups is 1. The van der Waals surface area contributed by atoms with Crippen LogP contribution in [0.25, 0.3) is 6.08 Å². The van der Waals surface area contributed by atoms with Crippen LogP contribution in [-0.4, -0.2) is 38.3 Å². The zero-order valence-electron chi connectivity index (χ0n) is 13.3. The van der Waals surface area contributed by atoms with E-state index in [2.05, 4.69) is 10.9 Å². The van der Waals surface area contributed by atoms with Crippen LogP contribution < -0.4 is 15.6 Å². The van der Waals surface area contributed by atoms with E-state index in [4.69, 9.17) is 4.74 Å². The van der Waals surface area contributed by atoms with E-state index in [1.807, 2.05) is 6.92 Å². The molecule has 0 aliphatic carbocycles. The summed E-state index contributed by atoms with van der Waals surface area (Å²) in [6, 6.07) is 7.19. The van der Waals surface area contributed by atoms with Crippen LogP contribution in [0.5, 0.6) is 5.75 Å². The molecule has 1 heterocycles. The van der Waals surface area contributed by atoms with Crippen LogP contribution >= 0.6 is 0 Å². The standard InChI is InChI=1S/C16H20N2O5S/c1-2-23-14-6-3-12(4-7-14)5-8-15(19)17-18-16(20)13-9-10-24(21,22)11-13/h3-8,13H,2,9-11H2,1H3,(H,17,19)(H,18,20)/b8-5+/t13-/m0/s1. The van der Waals surface area contributed by atoms with Crippen LogP contribution in [0.4, 0.5) is 0 Å². The number of amides is 2. The van der Waals surface area contributed by atoms with E-state index >= 15 is 0 Å². The Bertz CT molecular complexity index is 725. The fourth-order valence-corrected chi connectivity index (χ4v) is 4.02. The minimum absolute atomic E-state index is 0.0106. The van der Waals surface area contributed by atoms with E-state index in [0.717, 1.165) is 11.3 Å². The highest BCUT2D eigenvalue weighted by Crippen LogP contribution is 2.18. The van der Waals surface area contributed by atoms with Crippen molar-refractivity contribution in [3.63, 3.8) is 0 Å². The van der Waals surface area contributed by atoms with Gasteiger partial charge in [-0.3, -0.25) is 20.4 Å². The Labute approximate surface area is 141 Å². The number of benzene rings is 1. The van der Waals surface area contributed by atoms with Gasteiger partial charge in [0.05, 0.1) is 24.0 Å². The van der Waals surface area contributed by atoms with Gasteiger partial charge in [-0.25, -0.2) is 8.42 Å². The van der Waals surface area contributed by atoms with Crippen LogP contribution in [0.3, 0.4) is 0 Å². The molecule has 1 aromatic carbocycles. The zero-order chi connectivity index (χ0) is 17.6. The second-order valence-corrected chi connectivity index (χ2v) is 7.64. The van der Waals surface area contributed by atoms with Crippen molar-refractivity contribution in [2.24, 2.45) is 5.92 Å². The third-order valence-electron chi connectivity index (χ3n) is 3.53. The minimum Gasteiger partial charge on any atom is -0.494 e. The van der Waals surface area contributed by atoms with Crippen molar-refractivity contribution < 1.29 is 22.7 Å². The molecule has 1 aliphatic rings. The maximum Gasteiger partial charge on any atom is 0.262 e. The summed E-state index contributed by atoms with van der Waals surface area (Å²) in [7, 11) is -3.13. The molecule has 1 saturated heterocycles. The average molecular weight is 352 g/mol. The van der Waals surface area contributed by atoms with Crippen molar-refractivity contribution >= 4 is 27.7 Å². The van der Waals surface area contributed by atoms with E-state index in [0.29, 0.717) is 6.61 Å². The van der Waals surface area contributed by atoms with Crippen LogP contribution in [0, 0.1) is 5.92 Å². The fourth-order valence-electron chi connectivity index (χ4n) is 2.28. The van der Waals surface area contributed by atoms with E-state index in [9.17, 15) is 18.0 Å². The maximum absolute atomic E-state index is 11.8. The van der Waals surface area contributed by atoms with E-state index in [-0.39, 0.29) is 17.9 Å². The lowest BCUT2D eigenvalue weighted by atomic mass is 10.1. The fraction of sp³-hybridized carbons (Fsp3) is 0.375. The van der Waals surface area contributed by atoms with Gasteiger partial charge in [-0.2, -0.15) is 0 Å². The van der Waals surface area contributed by atoms with Gasteiger partial charge >= 0.3 is 0 Å². The molecule has 130 valence electrons. The Hall–Kier alpha value is -2.35. The number of carbonyl (C=O) groups is 2. The largest absolute Gasteiger partial charge is 0.494 e. The Morgan fingerprint density at radius 1 is 1.25 bits per heavy atom. The first-order valence-corrected chi connectivity index (χ1v) is 9.43. The van der Waals surface area contributed by atoms with Gasteiger partial charge in [0, 0.05) is 6.08 Å². The van der Waals surface area contributed by atoms with Crippen LogP contribution in [0.2, 0.25) is 0 Å². The normalized spacial score (nSPS) is 19.1. The van der Waals surface area contributed by atoms with Gasteiger partial charge in [-0.15, -0.1) is 0 Å². The topological polar surface area (TPSA) is 102 Å². The quantitative estimate of drug-likeness (QED) is 0.599. The van der Waals surface area contributed by atoms with Gasteiger partial charge in [0.25, 0.3) is 5.91 Å². The second kappa shape index (κ2) is 7.96. The number of hydrogen-bond acceptors (Lipinski definition) is 5. The first-order valence-electron chi connectivity index (χ1n) is 7.61. The summed E-state index contributed by atoms with van der Waals surface area (Å²) in [6.07, 6.45) is 3.16. The highest BCUT2D eigenvalue weighted by molar-refractivity contribution is 7.91. The molecule has 24 heavy (non-hydrogen) atoms. The predicted octanol–water partition coefficient (Wildman–Crippen LogP) is 0.681. The molecule has 0 radical (unpaired) electrons. The van der Waals surface area contributed by atoms with Gasteiger partial charge < -0.3 is 4.74 Å². The summed E-state index contributed by atoms with van der Waals surface area (Å²) < 4.78 is 28.0. The number of ether oxygens (including phenoxy) is 1. The van der Waals surface area contributed by atoms with E-state index in [1.165, 1.54) is 6.08 Å². The lowest BCUT2D eigenvalue weighted by Crippen LogP contribution is -2.44. The first kappa shape index (κ1) is 18.0. The molecule has 0 unspecified atom stereocenters. The summed E-state index contributed by atoms with van der Waals surface area (Å²) >= 11 is 0. The number of nitrogens with one attached hydrogen (secondary N) is 2. The summed E-state index contributed by atoms with van der Waals surface area (Å²) in [5, 5.41) is 0. The molecule has 2 amide bonds. The predicted molar refractivity (Wildman–Crippen MR) is 89.7 cm³/mol. The van der Waals surface area contributed by atoms with Gasteiger partial charge in [0.15, 0.2) is 9.84 Å². The average Bonchev–Trinajstić information content (AvgIpc) is 2.92.